The molecule has 0 N–H and O–H groups in total. The summed E-state index contributed by atoms with van der Waals surface area (Å²) in [5.74, 6) is 0.416. The molecule has 2 aromatic rings. The molecule has 0 saturated carbocycles. The molecule has 1 aliphatic heterocycles. The molecular weight excluding hydrogens is 354 g/mol. The van der Waals surface area contributed by atoms with Crippen molar-refractivity contribution in [3.8, 4) is 5.75 Å². The van der Waals surface area contributed by atoms with E-state index in [0.29, 0.717) is 6.42 Å². The van der Waals surface area contributed by atoms with Gasteiger partial charge in [-0.25, -0.2) is 5.01 Å². The van der Waals surface area contributed by atoms with Gasteiger partial charge in [-0.15, -0.1) is 0 Å². The Morgan fingerprint density at radius 2 is 1.79 bits per heavy atom. The molecule has 3 rings (SSSR count). The van der Waals surface area contributed by atoms with E-state index in [-0.39, 0.29) is 24.4 Å². The molecule has 0 aromatic heterocycles. The molecule has 1 unspecified atom stereocenters. The molecule has 6 heteroatoms. The summed E-state index contributed by atoms with van der Waals surface area (Å²) in [4.78, 5) is 25.8. The molecule has 1 aliphatic rings. The maximum atomic E-state index is 12.9. The number of ether oxygens (including phenoxy) is 1. The highest BCUT2D eigenvalue weighted by atomic mass is 16.5. The van der Waals surface area contributed by atoms with Gasteiger partial charge in [0.05, 0.1) is 18.9 Å². The standard InChI is InChI=1S/C22H25N3O3/c1-15-5-7-18(8-6-15)21-13-20(17-9-11-19(28-4)12-10-17)23-25(21)22(27)14-24(3)16(2)26/h5-12,21H,13-14H2,1-4H3. The van der Waals surface area contributed by atoms with Crippen molar-refractivity contribution in [2.45, 2.75) is 26.3 Å². The Morgan fingerprint density at radius 1 is 1.14 bits per heavy atom. The van der Waals surface area contributed by atoms with E-state index in [1.807, 2.05) is 55.5 Å². The summed E-state index contributed by atoms with van der Waals surface area (Å²) in [5.41, 5.74) is 3.98. The number of aryl methyl sites for hydroxylation is 1. The molecule has 0 saturated heterocycles. The third-order valence-electron chi connectivity index (χ3n) is 4.96. The molecule has 2 aromatic carbocycles. The predicted molar refractivity (Wildman–Crippen MR) is 108 cm³/mol. The number of methoxy groups -OCH3 is 1. The fraction of sp³-hybridized carbons (Fsp3) is 0.318. The quantitative estimate of drug-likeness (QED) is 0.802. The van der Waals surface area contributed by atoms with Gasteiger partial charge in [-0.05, 0) is 42.3 Å². The summed E-state index contributed by atoms with van der Waals surface area (Å²) in [6, 6.07) is 15.6. The number of hydrogen-bond acceptors (Lipinski definition) is 4. The van der Waals surface area contributed by atoms with Crippen LogP contribution in [0.5, 0.6) is 5.75 Å². The van der Waals surface area contributed by atoms with E-state index in [0.717, 1.165) is 28.2 Å². The Kier molecular flexibility index (Phi) is 5.78. The third kappa shape index (κ3) is 4.22. The van der Waals surface area contributed by atoms with Crippen LogP contribution in [0.1, 0.15) is 36.1 Å². The van der Waals surface area contributed by atoms with Crippen LogP contribution < -0.4 is 4.74 Å². The van der Waals surface area contributed by atoms with Gasteiger partial charge in [0.2, 0.25) is 5.91 Å². The molecule has 1 heterocycles. The molecule has 146 valence electrons. The summed E-state index contributed by atoms with van der Waals surface area (Å²) in [7, 11) is 3.24. The summed E-state index contributed by atoms with van der Waals surface area (Å²) < 4.78 is 5.22. The van der Waals surface area contributed by atoms with Crippen LogP contribution in [0.25, 0.3) is 0 Å². The highest BCUT2D eigenvalue weighted by Crippen LogP contribution is 2.33. The number of hydrazone groups is 1. The summed E-state index contributed by atoms with van der Waals surface area (Å²) >= 11 is 0. The number of rotatable bonds is 5. The second kappa shape index (κ2) is 8.25. The van der Waals surface area contributed by atoms with E-state index in [4.69, 9.17) is 4.74 Å². The lowest BCUT2D eigenvalue weighted by atomic mass is 9.97. The van der Waals surface area contributed by atoms with Gasteiger partial charge in [0, 0.05) is 20.4 Å². The van der Waals surface area contributed by atoms with Gasteiger partial charge in [0.1, 0.15) is 12.3 Å². The van der Waals surface area contributed by atoms with E-state index in [2.05, 4.69) is 5.10 Å². The van der Waals surface area contributed by atoms with Crippen molar-refractivity contribution in [2.24, 2.45) is 5.10 Å². The van der Waals surface area contributed by atoms with Gasteiger partial charge in [-0.1, -0.05) is 29.8 Å². The average Bonchev–Trinajstić information content (AvgIpc) is 3.14. The first-order chi connectivity index (χ1) is 13.4. The number of amides is 2. The maximum Gasteiger partial charge on any atom is 0.262 e. The molecule has 0 aliphatic carbocycles. The summed E-state index contributed by atoms with van der Waals surface area (Å²) in [6.07, 6.45) is 0.616. The normalized spacial score (nSPS) is 15.9. The minimum atomic E-state index is -0.202. The van der Waals surface area contributed by atoms with Crippen LogP contribution in [-0.4, -0.2) is 48.1 Å². The van der Waals surface area contributed by atoms with E-state index in [1.165, 1.54) is 16.8 Å². The monoisotopic (exact) mass is 379 g/mol. The van der Waals surface area contributed by atoms with E-state index in [9.17, 15) is 9.59 Å². The van der Waals surface area contributed by atoms with Gasteiger partial charge in [0.15, 0.2) is 0 Å². The topological polar surface area (TPSA) is 62.2 Å². The van der Waals surface area contributed by atoms with Crippen LogP contribution in [0.4, 0.5) is 0 Å². The number of carbonyl (C=O) groups is 2. The molecule has 0 spiro atoms. The summed E-state index contributed by atoms with van der Waals surface area (Å²) in [5, 5.41) is 6.15. The first-order valence-electron chi connectivity index (χ1n) is 9.21. The summed E-state index contributed by atoms with van der Waals surface area (Å²) in [6.45, 7) is 3.47. The molecule has 0 radical (unpaired) electrons. The number of benzene rings is 2. The van der Waals surface area contributed by atoms with Crippen molar-refractivity contribution in [1.82, 2.24) is 9.91 Å². The Labute approximate surface area is 165 Å². The van der Waals surface area contributed by atoms with Gasteiger partial charge in [0.25, 0.3) is 5.91 Å². The number of hydrogen-bond donors (Lipinski definition) is 0. The largest absolute Gasteiger partial charge is 0.497 e. The minimum absolute atomic E-state index is 0.00289. The highest BCUT2D eigenvalue weighted by molar-refractivity contribution is 6.03. The van der Waals surface area contributed by atoms with Crippen LogP contribution in [0.15, 0.2) is 53.6 Å². The van der Waals surface area contributed by atoms with Crippen molar-refractivity contribution in [3.63, 3.8) is 0 Å². The van der Waals surface area contributed by atoms with Crippen LogP contribution >= 0.6 is 0 Å². The van der Waals surface area contributed by atoms with E-state index >= 15 is 0 Å². The fourth-order valence-corrected chi connectivity index (χ4v) is 3.13. The molecule has 2 amide bonds. The zero-order chi connectivity index (χ0) is 20.3. The van der Waals surface area contributed by atoms with E-state index in [1.54, 1.807) is 14.2 Å². The lowest BCUT2D eigenvalue weighted by Crippen LogP contribution is -2.38. The Balaban J connectivity index is 1.91. The molecule has 0 bridgehead atoms. The van der Waals surface area contributed by atoms with Crippen molar-refractivity contribution < 1.29 is 14.3 Å². The fourth-order valence-electron chi connectivity index (χ4n) is 3.13. The Hall–Kier alpha value is -3.15. The lowest BCUT2D eigenvalue weighted by molar-refractivity contribution is -0.139. The zero-order valence-electron chi connectivity index (χ0n) is 16.7. The second-order valence-corrected chi connectivity index (χ2v) is 7.02. The Morgan fingerprint density at radius 3 is 2.36 bits per heavy atom. The van der Waals surface area contributed by atoms with Gasteiger partial charge < -0.3 is 9.64 Å². The third-order valence-corrected chi connectivity index (χ3v) is 4.96. The number of likely N-dealkylation sites (N-methyl/N-ethyl adjacent to an activating group) is 1. The molecule has 1 atom stereocenters. The van der Waals surface area contributed by atoms with Crippen LogP contribution in [0.3, 0.4) is 0 Å². The molecule has 0 fully saturated rings. The van der Waals surface area contributed by atoms with Crippen LogP contribution in [0, 0.1) is 6.92 Å². The number of nitrogens with zero attached hydrogens (tertiary/aromatic N) is 3. The predicted octanol–water partition coefficient (Wildman–Crippen LogP) is 3.16. The molecule has 6 nitrogen and oxygen atoms in total. The molecular formula is C22H25N3O3. The second-order valence-electron chi connectivity index (χ2n) is 7.02. The first kappa shape index (κ1) is 19.6. The average molecular weight is 379 g/mol. The van der Waals surface area contributed by atoms with Crippen molar-refractivity contribution in [1.29, 1.82) is 0 Å². The van der Waals surface area contributed by atoms with Crippen molar-refractivity contribution >= 4 is 17.5 Å². The van der Waals surface area contributed by atoms with Crippen LogP contribution in [0.2, 0.25) is 0 Å². The maximum absolute atomic E-state index is 12.9. The van der Waals surface area contributed by atoms with Gasteiger partial charge in [-0.3, -0.25) is 9.59 Å². The van der Waals surface area contributed by atoms with Crippen LogP contribution in [-0.2, 0) is 9.59 Å². The van der Waals surface area contributed by atoms with Gasteiger partial charge >= 0.3 is 0 Å². The van der Waals surface area contributed by atoms with E-state index < -0.39 is 0 Å². The smallest absolute Gasteiger partial charge is 0.262 e. The zero-order valence-corrected chi connectivity index (χ0v) is 16.7. The number of carbonyl (C=O) groups excluding carboxylic acids is 2. The van der Waals surface area contributed by atoms with Crippen molar-refractivity contribution in [2.75, 3.05) is 20.7 Å². The SMILES string of the molecule is COc1ccc(C2=NN(C(=O)CN(C)C(C)=O)C(c3ccc(C)cc3)C2)cc1. The molecule has 28 heavy (non-hydrogen) atoms. The highest BCUT2D eigenvalue weighted by Gasteiger charge is 2.33. The minimum Gasteiger partial charge on any atom is -0.497 e. The van der Waals surface area contributed by atoms with Crippen molar-refractivity contribution in [3.05, 3.63) is 65.2 Å². The first-order valence-corrected chi connectivity index (χ1v) is 9.21. The van der Waals surface area contributed by atoms with Gasteiger partial charge in [-0.2, -0.15) is 5.10 Å². The Bertz CT molecular complexity index is 888. The lowest BCUT2D eigenvalue weighted by Gasteiger charge is -2.24.